The molecular formula is C19H14N4O5S. The molecule has 0 aliphatic heterocycles. The van der Waals surface area contributed by atoms with Crippen LogP contribution in [0.3, 0.4) is 0 Å². The lowest BCUT2D eigenvalue weighted by Gasteiger charge is -2.11. The molecular weight excluding hydrogens is 396 g/mol. The minimum atomic E-state index is -1.27. The van der Waals surface area contributed by atoms with Crippen molar-refractivity contribution >= 4 is 44.3 Å². The van der Waals surface area contributed by atoms with E-state index in [2.05, 4.69) is 15.3 Å². The summed E-state index contributed by atoms with van der Waals surface area (Å²) < 4.78 is 2.19. The molecule has 9 nitrogen and oxygen atoms in total. The van der Waals surface area contributed by atoms with Crippen LogP contribution >= 0.6 is 11.3 Å². The summed E-state index contributed by atoms with van der Waals surface area (Å²) in [5.74, 6) is -2.46. The lowest BCUT2D eigenvalue weighted by Crippen LogP contribution is -2.35. The van der Waals surface area contributed by atoms with Crippen LogP contribution in [0.25, 0.3) is 31.8 Å². The number of nitrogens with one attached hydrogen (secondary N) is 1. The van der Waals surface area contributed by atoms with Crippen LogP contribution in [0.15, 0.2) is 41.3 Å². The lowest BCUT2D eigenvalue weighted by molar-refractivity contribution is -0.135. The average Bonchev–Trinajstić information content (AvgIpc) is 3.14. The van der Waals surface area contributed by atoms with E-state index in [1.807, 2.05) is 30.3 Å². The Hall–Kier alpha value is -3.79. The van der Waals surface area contributed by atoms with Gasteiger partial charge in [0, 0.05) is 17.9 Å². The van der Waals surface area contributed by atoms with E-state index in [1.54, 1.807) is 0 Å². The zero-order valence-corrected chi connectivity index (χ0v) is 15.9. The summed E-state index contributed by atoms with van der Waals surface area (Å²) in [5, 5.41) is 22.4. The molecule has 10 heteroatoms. The summed E-state index contributed by atoms with van der Waals surface area (Å²) >= 11 is 1.50. The molecule has 0 saturated heterocycles. The summed E-state index contributed by atoms with van der Waals surface area (Å²) in [5.41, 5.74) is -1.19. The third-order valence-electron chi connectivity index (χ3n) is 4.37. The normalized spacial score (nSPS) is 11.1. The first-order chi connectivity index (χ1) is 13.9. The fraction of sp³-hybridized carbons (Fsp3) is 0.105. The first-order valence-corrected chi connectivity index (χ1v) is 9.26. The predicted molar refractivity (Wildman–Crippen MR) is 107 cm³/mol. The van der Waals surface area contributed by atoms with Gasteiger partial charge in [-0.2, -0.15) is 0 Å². The number of aryl methyl sites for hydroxylation is 1. The van der Waals surface area contributed by atoms with Crippen molar-refractivity contribution in [3.63, 3.8) is 0 Å². The maximum absolute atomic E-state index is 12.6. The number of benzene rings is 1. The van der Waals surface area contributed by atoms with Gasteiger partial charge in [-0.05, 0) is 17.5 Å². The van der Waals surface area contributed by atoms with Gasteiger partial charge in [-0.25, -0.2) is 9.97 Å². The summed E-state index contributed by atoms with van der Waals surface area (Å²) in [7, 11) is 1.42. The Morgan fingerprint density at radius 2 is 2.03 bits per heavy atom. The highest BCUT2D eigenvalue weighted by molar-refractivity contribution is 7.22. The van der Waals surface area contributed by atoms with Gasteiger partial charge in [0.15, 0.2) is 5.82 Å². The van der Waals surface area contributed by atoms with Crippen LogP contribution < -0.4 is 10.9 Å². The number of hydrogen-bond acceptors (Lipinski definition) is 7. The highest BCUT2D eigenvalue weighted by atomic mass is 32.1. The minimum Gasteiger partial charge on any atom is -0.506 e. The van der Waals surface area contributed by atoms with Gasteiger partial charge in [0.05, 0.1) is 10.3 Å². The standard InChI is InChI=1S/C19H14N4O5S/c1-23-17-10(15(26)14(19(23)28)18(27)21-8-13(24)25)7-20-16(22-17)12-6-9-4-2-3-5-11(9)29-12/h2-7,26H,8H2,1H3,(H,21,27)(H,24,25). The fourth-order valence-corrected chi connectivity index (χ4v) is 3.96. The van der Waals surface area contributed by atoms with Crippen LogP contribution in [0.4, 0.5) is 0 Å². The van der Waals surface area contributed by atoms with Crippen LogP contribution in [0, 0.1) is 0 Å². The summed E-state index contributed by atoms with van der Waals surface area (Å²) in [6.45, 7) is -0.680. The van der Waals surface area contributed by atoms with E-state index < -0.39 is 35.3 Å². The molecule has 146 valence electrons. The molecule has 29 heavy (non-hydrogen) atoms. The van der Waals surface area contributed by atoms with Gasteiger partial charge in [0.25, 0.3) is 11.5 Å². The number of fused-ring (bicyclic) bond motifs is 2. The number of nitrogens with zero attached hydrogens (tertiary/aromatic N) is 3. The van der Waals surface area contributed by atoms with Crippen LogP contribution in [0.1, 0.15) is 10.4 Å². The number of aromatic nitrogens is 3. The number of carboxylic acids is 1. The number of pyridine rings is 1. The molecule has 0 radical (unpaired) electrons. The molecule has 0 spiro atoms. The van der Waals surface area contributed by atoms with Gasteiger partial charge < -0.3 is 15.5 Å². The Labute approximate surface area is 166 Å². The Bertz CT molecular complexity index is 1330. The van der Waals surface area contributed by atoms with Gasteiger partial charge >= 0.3 is 5.97 Å². The number of aliphatic carboxylic acids is 1. The van der Waals surface area contributed by atoms with Crippen molar-refractivity contribution in [2.24, 2.45) is 7.05 Å². The molecule has 3 N–H and O–H groups in total. The van der Waals surface area contributed by atoms with E-state index in [-0.39, 0.29) is 11.0 Å². The highest BCUT2D eigenvalue weighted by Crippen LogP contribution is 2.33. The molecule has 1 aromatic carbocycles. The molecule has 0 aliphatic rings. The van der Waals surface area contributed by atoms with E-state index in [1.165, 1.54) is 24.6 Å². The van der Waals surface area contributed by atoms with Crippen LogP contribution in [0.2, 0.25) is 0 Å². The van der Waals surface area contributed by atoms with E-state index in [0.717, 1.165) is 19.5 Å². The first-order valence-electron chi connectivity index (χ1n) is 8.44. The first kappa shape index (κ1) is 18.6. The van der Waals surface area contributed by atoms with Crippen molar-refractivity contribution in [2.45, 2.75) is 0 Å². The molecule has 4 rings (SSSR count). The largest absolute Gasteiger partial charge is 0.506 e. The topological polar surface area (TPSA) is 134 Å². The van der Waals surface area contributed by atoms with Crippen molar-refractivity contribution in [3.8, 4) is 16.5 Å². The molecule has 0 saturated carbocycles. The molecule has 0 atom stereocenters. The Morgan fingerprint density at radius 1 is 1.28 bits per heavy atom. The number of thiophene rings is 1. The van der Waals surface area contributed by atoms with Crippen LogP contribution in [0.5, 0.6) is 5.75 Å². The van der Waals surface area contributed by atoms with Crippen molar-refractivity contribution < 1.29 is 19.8 Å². The second-order valence-electron chi connectivity index (χ2n) is 6.24. The number of amides is 1. The van der Waals surface area contributed by atoms with E-state index in [9.17, 15) is 19.5 Å². The van der Waals surface area contributed by atoms with E-state index in [4.69, 9.17) is 5.11 Å². The third-order valence-corrected chi connectivity index (χ3v) is 5.48. The van der Waals surface area contributed by atoms with Gasteiger partial charge in [0.2, 0.25) is 0 Å². The number of carbonyl (C=O) groups is 2. The highest BCUT2D eigenvalue weighted by Gasteiger charge is 2.23. The summed E-state index contributed by atoms with van der Waals surface area (Å²) in [6, 6.07) is 9.75. The fourth-order valence-electron chi connectivity index (χ4n) is 2.96. The van der Waals surface area contributed by atoms with Crippen molar-refractivity contribution in [1.29, 1.82) is 0 Å². The van der Waals surface area contributed by atoms with Crippen molar-refractivity contribution in [2.75, 3.05) is 6.54 Å². The quantitative estimate of drug-likeness (QED) is 0.466. The predicted octanol–water partition coefficient (Wildman–Crippen LogP) is 1.73. The Morgan fingerprint density at radius 3 is 2.76 bits per heavy atom. The Kier molecular flexibility index (Phi) is 4.47. The molecule has 1 amide bonds. The van der Waals surface area contributed by atoms with Gasteiger partial charge in [0.1, 0.15) is 23.5 Å². The second-order valence-corrected chi connectivity index (χ2v) is 7.33. The van der Waals surface area contributed by atoms with E-state index in [0.29, 0.717) is 5.82 Å². The number of carboxylic acid groups (broad SMARTS) is 1. The van der Waals surface area contributed by atoms with Gasteiger partial charge in [-0.3, -0.25) is 19.0 Å². The Balaban J connectivity index is 1.85. The number of aromatic hydroxyl groups is 1. The second kappa shape index (κ2) is 6.99. The molecule has 4 aromatic rings. The average molecular weight is 410 g/mol. The monoisotopic (exact) mass is 410 g/mol. The van der Waals surface area contributed by atoms with Crippen LogP contribution in [-0.2, 0) is 11.8 Å². The molecule has 0 bridgehead atoms. The van der Waals surface area contributed by atoms with Crippen LogP contribution in [-0.4, -0.2) is 43.2 Å². The lowest BCUT2D eigenvalue weighted by atomic mass is 10.1. The molecule has 0 unspecified atom stereocenters. The SMILES string of the molecule is Cn1c(=O)c(C(=O)NCC(=O)O)c(O)c2cnc(-c3cc4ccccc4s3)nc21. The molecule has 3 aromatic heterocycles. The molecule has 0 fully saturated rings. The van der Waals surface area contributed by atoms with E-state index >= 15 is 0 Å². The van der Waals surface area contributed by atoms with Crippen molar-refractivity contribution in [1.82, 2.24) is 19.9 Å². The smallest absolute Gasteiger partial charge is 0.322 e. The summed E-state index contributed by atoms with van der Waals surface area (Å²) in [6.07, 6.45) is 1.34. The maximum atomic E-state index is 12.6. The molecule has 3 heterocycles. The van der Waals surface area contributed by atoms with Gasteiger partial charge in [-0.15, -0.1) is 11.3 Å². The number of hydrogen-bond donors (Lipinski definition) is 3. The number of rotatable bonds is 4. The zero-order chi connectivity index (χ0) is 20.7. The van der Waals surface area contributed by atoms with Gasteiger partial charge in [-0.1, -0.05) is 18.2 Å². The maximum Gasteiger partial charge on any atom is 0.322 e. The molecule has 0 aliphatic carbocycles. The summed E-state index contributed by atoms with van der Waals surface area (Å²) in [4.78, 5) is 44.9. The van der Waals surface area contributed by atoms with Crippen molar-refractivity contribution in [3.05, 3.63) is 52.4 Å². The zero-order valence-electron chi connectivity index (χ0n) is 15.0. The number of carbonyl (C=O) groups excluding carboxylic acids is 1. The third kappa shape index (κ3) is 3.19. The minimum absolute atomic E-state index is 0.109.